The van der Waals surface area contributed by atoms with Gasteiger partial charge in [-0.1, -0.05) is 0 Å². The summed E-state index contributed by atoms with van der Waals surface area (Å²) in [6, 6.07) is 11.9. The number of methoxy groups -OCH3 is 1. The summed E-state index contributed by atoms with van der Waals surface area (Å²) in [5.74, 6) is 0.944. The van der Waals surface area contributed by atoms with Crippen molar-refractivity contribution in [2.45, 2.75) is 26.2 Å². The van der Waals surface area contributed by atoms with Crippen molar-refractivity contribution < 1.29 is 9.53 Å². The molecule has 0 aliphatic carbocycles. The average molecular weight is 403 g/mol. The lowest BCUT2D eigenvalue weighted by molar-refractivity contribution is 0.0784. The molecule has 1 atom stereocenters. The molecule has 0 bridgehead atoms. The second-order valence-electron chi connectivity index (χ2n) is 7.56. The molecule has 4 rings (SSSR count). The van der Waals surface area contributed by atoms with Gasteiger partial charge in [-0.2, -0.15) is 0 Å². The van der Waals surface area contributed by atoms with Crippen LogP contribution >= 0.6 is 0 Å². The number of aryl methyl sites for hydroxylation is 2. The standard InChI is InChI=1S/C23H25N5O2/c1-15-10-19(27-18-4-6-20(30-3)7-5-18)11-21(26-15)17-8-9-28(14-17)23(29)22-13-24-16(2)12-25-22/h4-7,10-13,17H,8-9,14H2,1-3H3,(H,26,27). The molecule has 154 valence electrons. The number of amides is 1. The van der Waals surface area contributed by atoms with Crippen LogP contribution in [0.3, 0.4) is 0 Å². The molecule has 1 unspecified atom stereocenters. The fraction of sp³-hybridized carbons (Fsp3) is 0.304. The number of anilines is 2. The number of benzene rings is 1. The topological polar surface area (TPSA) is 80.2 Å². The number of likely N-dealkylation sites (tertiary alicyclic amines) is 1. The molecule has 1 N–H and O–H groups in total. The number of nitrogens with zero attached hydrogens (tertiary/aromatic N) is 4. The Hall–Kier alpha value is -3.48. The Bertz CT molecular complexity index is 1030. The predicted molar refractivity (Wildman–Crippen MR) is 115 cm³/mol. The number of aromatic nitrogens is 3. The van der Waals surface area contributed by atoms with Gasteiger partial charge in [0.1, 0.15) is 11.4 Å². The van der Waals surface area contributed by atoms with Crippen LogP contribution in [0, 0.1) is 13.8 Å². The highest BCUT2D eigenvalue weighted by atomic mass is 16.5. The third-order valence-corrected chi connectivity index (χ3v) is 5.25. The van der Waals surface area contributed by atoms with Crippen LogP contribution in [0.25, 0.3) is 0 Å². The van der Waals surface area contributed by atoms with E-state index in [1.54, 1.807) is 19.5 Å². The molecule has 3 heterocycles. The molecular formula is C23H25N5O2. The molecular weight excluding hydrogens is 378 g/mol. The van der Waals surface area contributed by atoms with E-state index in [0.29, 0.717) is 18.8 Å². The Morgan fingerprint density at radius 3 is 2.57 bits per heavy atom. The van der Waals surface area contributed by atoms with Crippen LogP contribution in [0.2, 0.25) is 0 Å². The van der Waals surface area contributed by atoms with E-state index in [1.165, 1.54) is 0 Å². The molecule has 1 aromatic carbocycles. The first-order valence-electron chi connectivity index (χ1n) is 9.99. The van der Waals surface area contributed by atoms with E-state index in [1.807, 2.05) is 49.1 Å². The van der Waals surface area contributed by atoms with Gasteiger partial charge in [-0.25, -0.2) is 4.98 Å². The summed E-state index contributed by atoms with van der Waals surface area (Å²) in [4.78, 5) is 27.7. The first kappa shape index (κ1) is 19.8. The Morgan fingerprint density at radius 1 is 1.07 bits per heavy atom. The first-order chi connectivity index (χ1) is 14.5. The molecule has 0 spiro atoms. The van der Waals surface area contributed by atoms with E-state index in [4.69, 9.17) is 9.72 Å². The molecule has 1 fully saturated rings. The second-order valence-corrected chi connectivity index (χ2v) is 7.56. The monoisotopic (exact) mass is 403 g/mol. The van der Waals surface area contributed by atoms with Gasteiger partial charge in [-0.05, 0) is 56.7 Å². The maximum absolute atomic E-state index is 12.7. The van der Waals surface area contributed by atoms with E-state index in [-0.39, 0.29) is 11.8 Å². The summed E-state index contributed by atoms with van der Waals surface area (Å²) in [6.45, 7) is 5.17. The quantitative estimate of drug-likeness (QED) is 0.697. The Labute approximate surface area is 176 Å². The number of carbonyl (C=O) groups is 1. The van der Waals surface area contributed by atoms with Crippen LogP contribution in [-0.4, -0.2) is 46.0 Å². The van der Waals surface area contributed by atoms with Gasteiger partial charge in [-0.15, -0.1) is 0 Å². The number of rotatable bonds is 5. The third kappa shape index (κ3) is 4.40. The zero-order valence-corrected chi connectivity index (χ0v) is 17.4. The third-order valence-electron chi connectivity index (χ3n) is 5.25. The minimum absolute atomic E-state index is 0.0748. The molecule has 7 nitrogen and oxygen atoms in total. The van der Waals surface area contributed by atoms with Crippen LogP contribution in [0.15, 0.2) is 48.8 Å². The molecule has 3 aromatic rings. The van der Waals surface area contributed by atoms with Gasteiger partial charge in [0.15, 0.2) is 0 Å². The van der Waals surface area contributed by atoms with Gasteiger partial charge in [-0.3, -0.25) is 14.8 Å². The highest BCUT2D eigenvalue weighted by Crippen LogP contribution is 2.30. The zero-order valence-electron chi connectivity index (χ0n) is 17.4. The minimum atomic E-state index is -0.0748. The summed E-state index contributed by atoms with van der Waals surface area (Å²) >= 11 is 0. The van der Waals surface area contributed by atoms with Crippen molar-refractivity contribution >= 4 is 17.3 Å². The van der Waals surface area contributed by atoms with E-state index in [2.05, 4.69) is 21.4 Å². The van der Waals surface area contributed by atoms with Gasteiger partial charge in [0.25, 0.3) is 5.91 Å². The van der Waals surface area contributed by atoms with E-state index < -0.39 is 0 Å². The smallest absolute Gasteiger partial charge is 0.274 e. The molecule has 1 aliphatic rings. The second kappa shape index (κ2) is 8.49. The lowest BCUT2D eigenvalue weighted by Crippen LogP contribution is -2.29. The normalized spacial score (nSPS) is 15.8. The van der Waals surface area contributed by atoms with Crippen LogP contribution in [0.4, 0.5) is 11.4 Å². The van der Waals surface area contributed by atoms with Gasteiger partial charge < -0.3 is 15.0 Å². The summed E-state index contributed by atoms with van der Waals surface area (Å²) in [5.41, 5.74) is 5.09. The van der Waals surface area contributed by atoms with E-state index in [9.17, 15) is 4.79 Å². The number of ether oxygens (including phenoxy) is 1. The number of hydrogen-bond acceptors (Lipinski definition) is 6. The van der Waals surface area contributed by atoms with Gasteiger partial charge in [0.2, 0.25) is 0 Å². The van der Waals surface area contributed by atoms with Crippen molar-refractivity contribution in [2.24, 2.45) is 0 Å². The van der Waals surface area contributed by atoms with Gasteiger partial charge in [0.05, 0.1) is 19.0 Å². The Kier molecular flexibility index (Phi) is 5.61. The maximum Gasteiger partial charge on any atom is 0.274 e. The maximum atomic E-state index is 12.7. The molecule has 0 saturated carbocycles. The predicted octanol–water partition coefficient (Wildman–Crippen LogP) is 3.87. The Balaban J connectivity index is 1.47. The lowest BCUT2D eigenvalue weighted by atomic mass is 10.0. The molecule has 7 heteroatoms. The summed E-state index contributed by atoms with van der Waals surface area (Å²) < 4.78 is 5.21. The fourth-order valence-electron chi connectivity index (χ4n) is 3.67. The van der Waals surface area contributed by atoms with Crippen molar-refractivity contribution in [3.63, 3.8) is 0 Å². The molecule has 2 aromatic heterocycles. The summed E-state index contributed by atoms with van der Waals surface area (Å²) in [5, 5.41) is 3.43. The minimum Gasteiger partial charge on any atom is -0.497 e. The average Bonchev–Trinajstić information content (AvgIpc) is 3.24. The lowest BCUT2D eigenvalue weighted by Gasteiger charge is -2.17. The highest BCUT2D eigenvalue weighted by molar-refractivity contribution is 5.92. The molecule has 1 amide bonds. The molecule has 1 aliphatic heterocycles. The fourth-order valence-corrected chi connectivity index (χ4v) is 3.67. The number of pyridine rings is 1. The summed E-state index contributed by atoms with van der Waals surface area (Å²) in [6.07, 6.45) is 4.05. The first-order valence-corrected chi connectivity index (χ1v) is 9.99. The SMILES string of the molecule is COc1ccc(Nc2cc(C)nc(C3CCN(C(=O)c4cnc(C)cn4)C3)c2)cc1. The number of carbonyl (C=O) groups excluding carboxylic acids is 1. The summed E-state index contributed by atoms with van der Waals surface area (Å²) in [7, 11) is 1.65. The van der Waals surface area contributed by atoms with Crippen LogP contribution in [0.5, 0.6) is 5.75 Å². The van der Waals surface area contributed by atoms with Crippen LogP contribution < -0.4 is 10.1 Å². The van der Waals surface area contributed by atoms with Gasteiger partial charge in [0, 0.05) is 48.0 Å². The van der Waals surface area contributed by atoms with Crippen molar-refractivity contribution in [2.75, 3.05) is 25.5 Å². The van der Waals surface area contributed by atoms with Crippen molar-refractivity contribution in [1.82, 2.24) is 19.9 Å². The number of nitrogens with one attached hydrogen (secondary N) is 1. The largest absolute Gasteiger partial charge is 0.497 e. The van der Waals surface area contributed by atoms with Crippen LogP contribution in [-0.2, 0) is 0 Å². The zero-order chi connectivity index (χ0) is 21.1. The van der Waals surface area contributed by atoms with E-state index in [0.717, 1.165) is 40.6 Å². The van der Waals surface area contributed by atoms with Gasteiger partial charge >= 0.3 is 0 Å². The van der Waals surface area contributed by atoms with Crippen LogP contribution in [0.1, 0.15) is 39.9 Å². The van der Waals surface area contributed by atoms with Crippen molar-refractivity contribution in [3.8, 4) is 5.75 Å². The molecule has 0 radical (unpaired) electrons. The van der Waals surface area contributed by atoms with Crippen molar-refractivity contribution in [3.05, 3.63) is 71.6 Å². The molecule has 30 heavy (non-hydrogen) atoms. The van der Waals surface area contributed by atoms with Crippen molar-refractivity contribution in [1.29, 1.82) is 0 Å². The van der Waals surface area contributed by atoms with E-state index >= 15 is 0 Å². The highest BCUT2D eigenvalue weighted by Gasteiger charge is 2.29. The molecule has 1 saturated heterocycles. The number of hydrogen-bond donors (Lipinski definition) is 1. The Morgan fingerprint density at radius 2 is 1.87 bits per heavy atom.